The summed E-state index contributed by atoms with van der Waals surface area (Å²) in [5.41, 5.74) is 2.02. The summed E-state index contributed by atoms with van der Waals surface area (Å²) in [7, 11) is 0. The Bertz CT molecular complexity index is 895. The van der Waals surface area contributed by atoms with Crippen LogP contribution in [0.4, 0.5) is 11.4 Å². The van der Waals surface area contributed by atoms with E-state index in [0.29, 0.717) is 24.4 Å². The third-order valence-electron chi connectivity index (χ3n) is 5.75. The SMILES string of the molecule is CCCCCCCOc1cccc(NCC(=O)Nc2ccc(C(=O)NCC3CCCO3)cc2)c1. The van der Waals surface area contributed by atoms with Gasteiger partial charge in [0.25, 0.3) is 5.91 Å². The molecular formula is C27H37N3O4. The van der Waals surface area contributed by atoms with Gasteiger partial charge in [-0.05, 0) is 55.7 Å². The summed E-state index contributed by atoms with van der Waals surface area (Å²) < 4.78 is 11.3. The zero-order valence-electron chi connectivity index (χ0n) is 20.1. The lowest BCUT2D eigenvalue weighted by atomic mass is 10.2. The zero-order valence-corrected chi connectivity index (χ0v) is 20.1. The number of hydrogen-bond acceptors (Lipinski definition) is 5. The number of amides is 2. The van der Waals surface area contributed by atoms with Gasteiger partial charge in [0.1, 0.15) is 5.75 Å². The van der Waals surface area contributed by atoms with Crippen LogP contribution in [0.1, 0.15) is 62.2 Å². The summed E-state index contributed by atoms with van der Waals surface area (Å²) in [5.74, 6) is 0.491. The quantitative estimate of drug-likeness (QED) is 0.341. The molecule has 2 aromatic carbocycles. The van der Waals surface area contributed by atoms with Crippen LogP contribution in [0.5, 0.6) is 5.75 Å². The van der Waals surface area contributed by atoms with Crippen LogP contribution >= 0.6 is 0 Å². The standard InChI is InChI=1S/C27H37N3O4/c1-2-3-4-5-6-16-33-24-10-7-9-23(18-24)28-20-26(31)30-22-14-12-21(13-15-22)27(32)29-19-25-11-8-17-34-25/h7,9-10,12-15,18,25,28H,2-6,8,11,16-17,19-20H2,1H3,(H,29,32)(H,30,31). The van der Waals surface area contributed by atoms with Gasteiger partial charge in [0.05, 0.1) is 19.3 Å². The van der Waals surface area contributed by atoms with E-state index in [4.69, 9.17) is 9.47 Å². The van der Waals surface area contributed by atoms with Crippen LogP contribution in [-0.4, -0.2) is 44.2 Å². The molecule has 0 spiro atoms. The van der Waals surface area contributed by atoms with E-state index >= 15 is 0 Å². The van der Waals surface area contributed by atoms with E-state index in [-0.39, 0.29) is 24.5 Å². The molecule has 0 radical (unpaired) electrons. The first-order valence-corrected chi connectivity index (χ1v) is 12.4. The van der Waals surface area contributed by atoms with E-state index in [1.807, 2.05) is 24.3 Å². The second-order valence-corrected chi connectivity index (χ2v) is 8.61. The van der Waals surface area contributed by atoms with E-state index in [1.165, 1.54) is 25.7 Å². The molecular weight excluding hydrogens is 430 g/mol. The van der Waals surface area contributed by atoms with Crippen LogP contribution in [0.3, 0.4) is 0 Å². The van der Waals surface area contributed by atoms with E-state index in [9.17, 15) is 9.59 Å². The summed E-state index contributed by atoms with van der Waals surface area (Å²) >= 11 is 0. The number of carbonyl (C=O) groups excluding carboxylic acids is 2. The number of unbranched alkanes of at least 4 members (excludes halogenated alkanes) is 4. The molecule has 0 bridgehead atoms. The van der Waals surface area contributed by atoms with Crippen LogP contribution in [0, 0.1) is 0 Å². The summed E-state index contributed by atoms with van der Waals surface area (Å²) in [4.78, 5) is 24.6. The summed E-state index contributed by atoms with van der Waals surface area (Å²) in [5, 5.41) is 8.87. The van der Waals surface area contributed by atoms with Crippen molar-refractivity contribution in [3.05, 3.63) is 54.1 Å². The Balaban J connectivity index is 1.37. The Morgan fingerprint density at radius 3 is 2.62 bits per heavy atom. The third-order valence-corrected chi connectivity index (χ3v) is 5.75. The number of nitrogens with one attached hydrogen (secondary N) is 3. The van der Waals surface area contributed by atoms with Crippen molar-refractivity contribution in [1.82, 2.24) is 5.32 Å². The average molecular weight is 468 g/mol. The number of hydrogen-bond donors (Lipinski definition) is 3. The van der Waals surface area contributed by atoms with Gasteiger partial charge in [0.2, 0.25) is 5.91 Å². The molecule has 0 saturated carbocycles. The minimum absolute atomic E-state index is 0.109. The third kappa shape index (κ3) is 9.06. The van der Waals surface area contributed by atoms with Crippen molar-refractivity contribution in [3.8, 4) is 5.75 Å². The minimum Gasteiger partial charge on any atom is -0.494 e. The molecule has 0 aliphatic carbocycles. The van der Waals surface area contributed by atoms with Gasteiger partial charge in [-0.25, -0.2) is 0 Å². The highest BCUT2D eigenvalue weighted by Gasteiger charge is 2.16. The van der Waals surface area contributed by atoms with Crippen molar-refractivity contribution < 1.29 is 19.1 Å². The minimum atomic E-state index is -0.169. The van der Waals surface area contributed by atoms with Crippen molar-refractivity contribution in [2.75, 3.05) is 36.9 Å². The Morgan fingerprint density at radius 2 is 1.85 bits per heavy atom. The highest BCUT2D eigenvalue weighted by Crippen LogP contribution is 2.18. The van der Waals surface area contributed by atoms with Crippen LogP contribution in [0.15, 0.2) is 48.5 Å². The smallest absolute Gasteiger partial charge is 0.251 e. The largest absolute Gasteiger partial charge is 0.494 e. The number of carbonyl (C=O) groups is 2. The molecule has 3 N–H and O–H groups in total. The van der Waals surface area contributed by atoms with Crippen LogP contribution in [0.2, 0.25) is 0 Å². The normalized spacial score (nSPS) is 15.0. The van der Waals surface area contributed by atoms with Crippen LogP contribution < -0.4 is 20.7 Å². The van der Waals surface area contributed by atoms with Crippen molar-refractivity contribution >= 4 is 23.2 Å². The first kappa shape index (κ1) is 25.6. The molecule has 2 amide bonds. The van der Waals surface area contributed by atoms with Gasteiger partial charge < -0.3 is 25.4 Å². The molecule has 1 aliphatic rings. The summed E-state index contributed by atoms with van der Waals surface area (Å²) in [6.07, 6.45) is 8.14. The lowest BCUT2D eigenvalue weighted by Gasteiger charge is -2.12. The monoisotopic (exact) mass is 467 g/mol. The molecule has 184 valence electrons. The highest BCUT2D eigenvalue weighted by atomic mass is 16.5. The van der Waals surface area contributed by atoms with E-state index in [0.717, 1.165) is 37.3 Å². The van der Waals surface area contributed by atoms with E-state index < -0.39 is 0 Å². The Kier molecular flexibility index (Phi) is 10.7. The van der Waals surface area contributed by atoms with E-state index in [1.54, 1.807) is 24.3 Å². The van der Waals surface area contributed by atoms with Gasteiger partial charge in [0, 0.05) is 36.2 Å². The second kappa shape index (κ2) is 14.3. The molecule has 2 aromatic rings. The molecule has 1 saturated heterocycles. The van der Waals surface area contributed by atoms with Gasteiger partial charge >= 0.3 is 0 Å². The van der Waals surface area contributed by atoms with Gasteiger partial charge in [-0.1, -0.05) is 38.7 Å². The predicted octanol–water partition coefficient (Wildman–Crippen LogP) is 5.00. The molecule has 1 aliphatic heterocycles. The van der Waals surface area contributed by atoms with Crippen molar-refractivity contribution in [2.45, 2.75) is 58.0 Å². The molecule has 0 aromatic heterocycles. The van der Waals surface area contributed by atoms with Crippen molar-refractivity contribution in [1.29, 1.82) is 0 Å². The lowest BCUT2D eigenvalue weighted by Crippen LogP contribution is -2.31. The first-order chi connectivity index (χ1) is 16.6. The molecule has 1 unspecified atom stereocenters. The highest BCUT2D eigenvalue weighted by molar-refractivity contribution is 5.96. The first-order valence-electron chi connectivity index (χ1n) is 12.4. The average Bonchev–Trinajstić information content (AvgIpc) is 3.38. The lowest BCUT2D eigenvalue weighted by molar-refractivity contribution is -0.114. The van der Waals surface area contributed by atoms with E-state index in [2.05, 4.69) is 22.9 Å². The van der Waals surface area contributed by atoms with Gasteiger partial charge in [-0.15, -0.1) is 0 Å². The number of ether oxygens (including phenoxy) is 2. The molecule has 7 heteroatoms. The topological polar surface area (TPSA) is 88.7 Å². The fourth-order valence-corrected chi connectivity index (χ4v) is 3.80. The Labute approximate surface area is 202 Å². The maximum Gasteiger partial charge on any atom is 0.251 e. The molecule has 1 atom stereocenters. The Morgan fingerprint density at radius 1 is 1.03 bits per heavy atom. The maximum atomic E-state index is 12.3. The number of anilines is 2. The molecule has 3 rings (SSSR count). The van der Waals surface area contributed by atoms with Crippen molar-refractivity contribution in [2.24, 2.45) is 0 Å². The fraction of sp³-hybridized carbons (Fsp3) is 0.481. The van der Waals surface area contributed by atoms with Crippen LogP contribution in [0.25, 0.3) is 0 Å². The molecule has 7 nitrogen and oxygen atoms in total. The number of rotatable bonds is 14. The molecule has 1 heterocycles. The Hall–Kier alpha value is -3.06. The maximum absolute atomic E-state index is 12.3. The summed E-state index contributed by atoms with van der Waals surface area (Å²) in [6, 6.07) is 14.5. The molecule has 34 heavy (non-hydrogen) atoms. The van der Waals surface area contributed by atoms with Gasteiger partial charge in [-0.2, -0.15) is 0 Å². The predicted molar refractivity (Wildman–Crippen MR) is 136 cm³/mol. The van der Waals surface area contributed by atoms with Crippen LogP contribution in [-0.2, 0) is 9.53 Å². The molecule has 1 fully saturated rings. The zero-order chi connectivity index (χ0) is 24.0. The van der Waals surface area contributed by atoms with Gasteiger partial charge in [-0.3, -0.25) is 9.59 Å². The van der Waals surface area contributed by atoms with Crippen molar-refractivity contribution in [3.63, 3.8) is 0 Å². The fourth-order valence-electron chi connectivity index (χ4n) is 3.80. The van der Waals surface area contributed by atoms with Gasteiger partial charge in [0.15, 0.2) is 0 Å². The second-order valence-electron chi connectivity index (χ2n) is 8.61. The number of benzene rings is 2. The summed E-state index contributed by atoms with van der Waals surface area (Å²) in [6.45, 7) is 4.33.